The lowest BCUT2D eigenvalue weighted by Crippen LogP contribution is -2.41. The van der Waals surface area contributed by atoms with Crippen LogP contribution in [-0.2, 0) is 27.5 Å². The third-order valence-electron chi connectivity index (χ3n) is 4.90. The van der Waals surface area contributed by atoms with E-state index in [0.717, 1.165) is 17.4 Å². The number of anilines is 2. The molecule has 38 heavy (non-hydrogen) atoms. The molecule has 0 aliphatic carbocycles. The highest BCUT2D eigenvalue weighted by atomic mass is 35.5. The molecule has 0 aliphatic rings. The fourth-order valence-electron chi connectivity index (χ4n) is 2.98. The number of nitrogen functional groups attached to an aromatic ring is 1. The third kappa shape index (κ3) is 8.05. The summed E-state index contributed by atoms with van der Waals surface area (Å²) < 4.78 is 62.9. The summed E-state index contributed by atoms with van der Waals surface area (Å²) in [5.74, 6) is -1.01. The Morgan fingerprint density at radius 2 is 1.87 bits per heavy atom. The van der Waals surface area contributed by atoms with Gasteiger partial charge in [-0.2, -0.15) is 13.2 Å². The number of carbonyl (C=O) groups is 2. The number of nitrogens with two attached hydrogens (primary N) is 1. The Hall–Kier alpha value is -3.40. The number of benzene rings is 1. The van der Waals surface area contributed by atoms with Crippen molar-refractivity contribution in [2.24, 2.45) is 0 Å². The van der Waals surface area contributed by atoms with Crippen LogP contribution in [0.4, 0.5) is 24.7 Å². The van der Waals surface area contributed by atoms with E-state index in [4.69, 9.17) is 17.3 Å². The van der Waals surface area contributed by atoms with E-state index in [1.807, 2.05) is 4.83 Å². The monoisotopic (exact) mass is 590 g/mol. The first-order valence-electron chi connectivity index (χ1n) is 10.9. The average Bonchev–Trinajstić information content (AvgIpc) is 3.34. The first-order chi connectivity index (χ1) is 17.9. The first kappa shape index (κ1) is 29.2. The molecule has 0 bridgehead atoms. The van der Waals surface area contributed by atoms with Gasteiger partial charge in [0.05, 0.1) is 22.7 Å². The summed E-state index contributed by atoms with van der Waals surface area (Å²) in [7, 11) is -4.06. The number of para-hydroxylation sites is 1. The number of pyridine rings is 1. The van der Waals surface area contributed by atoms with Crippen LogP contribution >= 0.6 is 22.9 Å². The van der Waals surface area contributed by atoms with Gasteiger partial charge in [0.2, 0.25) is 5.91 Å². The molecule has 0 radical (unpaired) electrons. The Morgan fingerprint density at radius 1 is 1.13 bits per heavy atom. The van der Waals surface area contributed by atoms with E-state index in [0.29, 0.717) is 22.3 Å². The van der Waals surface area contributed by atoms with Gasteiger partial charge in [-0.15, -0.1) is 16.2 Å². The quantitative estimate of drug-likeness (QED) is 0.130. The number of hydrogen-bond donors (Lipinski definition) is 5. The lowest BCUT2D eigenvalue weighted by atomic mass is 10.1. The van der Waals surface area contributed by atoms with Crippen LogP contribution in [0.5, 0.6) is 0 Å². The van der Waals surface area contributed by atoms with Gasteiger partial charge in [0, 0.05) is 29.7 Å². The zero-order valence-electron chi connectivity index (χ0n) is 19.4. The molecule has 0 spiro atoms. The summed E-state index contributed by atoms with van der Waals surface area (Å²) in [6, 6.07) is 10.1. The number of sulfonamides is 1. The number of amides is 2. The number of nitrogens with zero attached hydrogens (tertiary/aromatic N) is 1. The van der Waals surface area contributed by atoms with E-state index in [9.17, 15) is 31.2 Å². The van der Waals surface area contributed by atoms with Gasteiger partial charge in [0.15, 0.2) is 0 Å². The van der Waals surface area contributed by atoms with Gasteiger partial charge in [0.1, 0.15) is 10.0 Å². The van der Waals surface area contributed by atoms with Crippen molar-refractivity contribution in [3.8, 4) is 0 Å². The maximum absolute atomic E-state index is 12.7. The molecule has 3 aromatic rings. The van der Waals surface area contributed by atoms with Crippen molar-refractivity contribution in [1.29, 1.82) is 0 Å². The van der Waals surface area contributed by atoms with E-state index in [-0.39, 0.29) is 41.0 Å². The third-order valence-corrected chi connectivity index (χ3v) is 8.01. The van der Waals surface area contributed by atoms with E-state index in [2.05, 4.69) is 21.0 Å². The van der Waals surface area contributed by atoms with Gasteiger partial charge in [0.25, 0.3) is 15.9 Å². The van der Waals surface area contributed by atoms with Gasteiger partial charge in [-0.05, 0) is 36.8 Å². The van der Waals surface area contributed by atoms with Crippen LogP contribution in [-0.4, -0.2) is 31.8 Å². The maximum atomic E-state index is 12.7. The highest BCUT2D eigenvalue weighted by Gasteiger charge is 2.31. The Bertz CT molecular complexity index is 1420. The molecule has 0 atom stereocenters. The first-order valence-corrected chi connectivity index (χ1v) is 13.5. The van der Waals surface area contributed by atoms with Crippen LogP contribution in [0, 0.1) is 0 Å². The van der Waals surface area contributed by atoms with Crippen molar-refractivity contribution in [2.45, 2.75) is 29.8 Å². The lowest BCUT2D eigenvalue weighted by molar-refractivity contribution is -0.137. The second kappa shape index (κ2) is 12.4. The molecule has 1 aromatic carbocycles. The molecule has 0 fully saturated rings. The van der Waals surface area contributed by atoms with Gasteiger partial charge in [-0.3, -0.25) is 15.0 Å². The molecule has 2 heterocycles. The fourth-order valence-corrected chi connectivity index (χ4v) is 5.37. The highest BCUT2D eigenvalue weighted by Crippen LogP contribution is 2.32. The molecule has 3 rings (SSSR count). The Labute approximate surface area is 224 Å². The van der Waals surface area contributed by atoms with E-state index in [1.54, 1.807) is 24.3 Å². The molecule has 0 saturated carbocycles. The van der Waals surface area contributed by atoms with Gasteiger partial charge < -0.3 is 16.4 Å². The predicted octanol–water partition coefficient (Wildman–Crippen LogP) is 3.53. The van der Waals surface area contributed by atoms with Gasteiger partial charge >= 0.3 is 6.18 Å². The minimum absolute atomic E-state index is 0.0257. The van der Waals surface area contributed by atoms with E-state index >= 15 is 0 Å². The number of carbonyl (C=O) groups excluding carboxylic acids is 2. The number of hydrogen-bond acceptors (Lipinski definition) is 8. The van der Waals surface area contributed by atoms with Crippen molar-refractivity contribution >= 4 is 56.3 Å². The molecule has 0 aliphatic heterocycles. The summed E-state index contributed by atoms with van der Waals surface area (Å²) in [6.07, 6.45) is -3.82. The predicted molar refractivity (Wildman–Crippen MR) is 137 cm³/mol. The molecule has 10 nitrogen and oxygen atoms in total. The van der Waals surface area contributed by atoms with Gasteiger partial charge in [-0.25, -0.2) is 13.4 Å². The minimum atomic E-state index is -4.57. The molecule has 16 heteroatoms. The summed E-state index contributed by atoms with van der Waals surface area (Å²) in [6.45, 7) is 0.220. The zero-order valence-corrected chi connectivity index (χ0v) is 21.8. The number of hydrazine groups is 1. The topological polar surface area (TPSA) is 155 Å². The number of thiophene rings is 1. The molecule has 204 valence electrons. The number of rotatable bonds is 11. The largest absolute Gasteiger partial charge is 0.417 e. The summed E-state index contributed by atoms with van der Waals surface area (Å²) in [4.78, 5) is 30.4. The SMILES string of the molecule is Nc1ccccc1C(=O)NCc1ccc(S(=O)(=O)NNC(=O)CCCNc2ncc(C(F)(F)F)cc2Cl)s1. The fraction of sp³-hybridized carbons (Fsp3) is 0.227. The maximum Gasteiger partial charge on any atom is 0.417 e. The normalized spacial score (nSPS) is 11.7. The van der Waals surface area contributed by atoms with Gasteiger partial charge in [-0.1, -0.05) is 23.7 Å². The summed E-state index contributed by atoms with van der Waals surface area (Å²) in [5.41, 5.74) is 7.50. The minimum Gasteiger partial charge on any atom is -0.398 e. The van der Waals surface area contributed by atoms with Crippen LogP contribution in [0.3, 0.4) is 0 Å². The number of halogens is 4. The molecular formula is C22H22ClF3N6O4S2. The van der Waals surface area contributed by atoms with Crippen LogP contribution in [0.15, 0.2) is 52.9 Å². The molecule has 6 N–H and O–H groups in total. The summed E-state index contributed by atoms with van der Waals surface area (Å²) >= 11 is 6.71. The Morgan fingerprint density at radius 3 is 2.55 bits per heavy atom. The lowest BCUT2D eigenvalue weighted by Gasteiger charge is -2.11. The molecule has 2 aromatic heterocycles. The molecule has 0 saturated heterocycles. The summed E-state index contributed by atoms with van der Waals surface area (Å²) in [5, 5.41) is 5.15. The molecule has 0 unspecified atom stereocenters. The van der Waals surface area contributed by atoms with E-state index in [1.165, 1.54) is 12.1 Å². The Kier molecular flexibility index (Phi) is 9.54. The van der Waals surface area contributed by atoms with Crippen LogP contribution in [0.1, 0.15) is 33.6 Å². The standard InChI is InChI=1S/C22H22ClF3N6O4S2/c23-16-10-13(22(24,25)26)11-29-20(16)28-9-3-6-18(33)31-32-38(35,36)19-8-7-14(37-19)12-30-21(34)15-4-1-2-5-17(15)27/h1-2,4-5,7-8,10-11,32H,3,6,9,12,27H2,(H,28,29)(H,30,34)(H,31,33). The van der Waals surface area contributed by atoms with Crippen molar-refractivity contribution in [2.75, 3.05) is 17.6 Å². The Balaban J connectivity index is 1.42. The van der Waals surface area contributed by atoms with Crippen molar-refractivity contribution < 1.29 is 31.2 Å². The smallest absolute Gasteiger partial charge is 0.398 e. The van der Waals surface area contributed by atoms with Crippen molar-refractivity contribution in [3.63, 3.8) is 0 Å². The highest BCUT2D eigenvalue weighted by molar-refractivity contribution is 7.91. The molecular weight excluding hydrogens is 569 g/mol. The average molecular weight is 591 g/mol. The second-order valence-corrected chi connectivity index (χ2v) is 11.2. The van der Waals surface area contributed by atoms with Crippen LogP contribution in [0.2, 0.25) is 5.02 Å². The number of alkyl halides is 3. The van der Waals surface area contributed by atoms with Crippen LogP contribution < -0.4 is 26.6 Å². The second-order valence-electron chi connectivity index (χ2n) is 7.73. The molecule has 2 amide bonds. The van der Waals surface area contributed by atoms with Crippen LogP contribution in [0.25, 0.3) is 0 Å². The number of aromatic nitrogens is 1. The zero-order chi connectivity index (χ0) is 27.9. The van der Waals surface area contributed by atoms with E-state index < -0.39 is 33.6 Å². The van der Waals surface area contributed by atoms with Crippen molar-refractivity contribution in [3.05, 3.63) is 69.7 Å². The van der Waals surface area contributed by atoms with Crippen molar-refractivity contribution in [1.82, 2.24) is 20.6 Å². The number of nitrogens with one attached hydrogen (secondary N) is 4.